The fourth-order valence-electron chi connectivity index (χ4n) is 1.12. The zero-order valence-electron chi connectivity index (χ0n) is 10.4. The zero-order valence-corrected chi connectivity index (χ0v) is 10.4. The van der Waals surface area contributed by atoms with E-state index >= 15 is 0 Å². The molecule has 0 aromatic heterocycles. The summed E-state index contributed by atoms with van der Waals surface area (Å²) in [7, 11) is 1.38. The van der Waals surface area contributed by atoms with Crippen LogP contribution < -0.4 is 10.6 Å². The van der Waals surface area contributed by atoms with E-state index in [4.69, 9.17) is 0 Å². The maximum absolute atomic E-state index is 11.8. The van der Waals surface area contributed by atoms with Crippen molar-refractivity contribution in [3.8, 4) is 0 Å². The van der Waals surface area contributed by atoms with E-state index in [1.165, 1.54) is 7.05 Å². The van der Waals surface area contributed by atoms with Gasteiger partial charge >= 0.3 is 6.18 Å². The highest BCUT2D eigenvalue weighted by molar-refractivity contribution is 5.84. The first-order chi connectivity index (χ1) is 8.26. The summed E-state index contributed by atoms with van der Waals surface area (Å²) < 4.78 is 35.4. The van der Waals surface area contributed by atoms with Crippen LogP contribution in [0.2, 0.25) is 0 Å². The molecule has 2 amide bonds. The Hall–Kier alpha value is -1.31. The summed E-state index contributed by atoms with van der Waals surface area (Å²) >= 11 is 0. The van der Waals surface area contributed by atoms with Crippen molar-refractivity contribution in [2.75, 3.05) is 33.2 Å². The highest BCUT2D eigenvalue weighted by Gasteiger charge is 2.27. The summed E-state index contributed by atoms with van der Waals surface area (Å²) in [6, 6.07) is 0. The molecule has 106 valence electrons. The van der Waals surface area contributed by atoms with Gasteiger partial charge in [-0.15, -0.1) is 0 Å². The molecule has 0 radical (unpaired) electrons. The lowest BCUT2D eigenvalue weighted by Gasteiger charge is -2.17. The summed E-state index contributed by atoms with van der Waals surface area (Å²) in [4.78, 5) is 23.7. The third kappa shape index (κ3) is 8.80. The first-order valence-electron chi connectivity index (χ1n) is 5.54. The summed E-state index contributed by atoms with van der Waals surface area (Å²) in [6.45, 7) is 1.33. The molecule has 0 aromatic rings. The minimum absolute atomic E-state index is 0.205. The van der Waals surface area contributed by atoms with Crippen LogP contribution in [-0.2, 0) is 9.59 Å². The number of nitrogens with one attached hydrogen (secondary N) is 2. The second-order valence-corrected chi connectivity index (χ2v) is 3.75. The van der Waals surface area contributed by atoms with Gasteiger partial charge in [-0.3, -0.25) is 9.59 Å². The molecule has 18 heavy (non-hydrogen) atoms. The number of carbonyl (C=O) groups excluding carboxylic acids is 2. The van der Waals surface area contributed by atoms with Gasteiger partial charge in [0, 0.05) is 20.0 Å². The second-order valence-electron chi connectivity index (χ2n) is 3.75. The normalized spacial score (nSPS) is 11.2. The fourth-order valence-corrected chi connectivity index (χ4v) is 1.12. The van der Waals surface area contributed by atoms with Crippen molar-refractivity contribution in [1.82, 2.24) is 15.5 Å². The Morgan fingerprint density at radius 2 is 1.89 bits per heavy atom. The smallest absolute Gasteiger partial charge is 0.345 e. The average molecular weight is 269 g/mol. The van der Waals surface area contributed by atoms with Gasteiger partial charge in [0.15, 0.2) is 0 Å². The van der Waals surface area contributed by atoms with Crippen molar-refractivity contribution >= 4 is 11.8 Å². The Kier molecular flexibility index (Phi) is 7.33. The molecule has 0 bridgehead atoms. The third-order valence-electron chi connectivity index (χ3n) is 2.06. The van der Waals surface area contributed by atoms with Crippen molar-refractivity contribution in [2.24, 2.45) is 0 Å². The van der Waals surface area contributed by atoms with Gasteiger partial charge in [-0.1, -0.05) is 6.92 Å². The van der Waals surface area contributed by atoms with Gasteiger partial charge in [0.2, 0.25) is 11.8 Å². The van der Waals surface area contributed by atoms with Gasteiger partial charge in [0.25, 0.3) is 0 Å². The molecule has 0 heterocycles. The van der Waals surface area contributed by atoms with Crippen LogP contribution in [0.4, 0.5) is 13.2 Å². The second kappa shape index (κ2) is 7.91. The van der Waals surface area contributed by atoms with Crippen LogP contribution in [-0.4, -0.2) is 56.1 Å². The predicted octanol–water partition coefficient (Wildman–Crippen LogP) is 0.123. The van der Waals surface area contributed by atoms with Crippen LogP contribution in [0.5, 0.6) is 0 Å². The third-order valence-corrected chi connectivity index (χ3v) is 2.06. The number of nitrogens with zero attached hydrogens (tertiary/aromatic N) is 1. The first-order valence-corrected chi connectivity index (χ1v) is 5.54. The van der Waals surface area contributed by atoms with E-state index in [0.29, 0.717) is 6.54 Å². The van der Waals surface area contributed by atoms with Crippen molar-refractivity contribution < 1.29 is 22.8 Å². The molecule has 0 fully saturated rings. The summed E-state index contributed by atoms with van der Waals surface area (Å²) in [6.07, 6.45) is -4.24. The van der Waals surface area contributed by atoms with Crippen LogP contribution in [0.3, 0.4) is 0 Å². The van der Waals surface area contributed by atoms with Crippen molar-refractivity contribution in [3.63, 3.8) is 0 Å². The molecule has 0 aliphatic carbocycles. The molecule has 0 atom stereocenters. The Morgan fingerprint density at radius 3 is 2.39 bits per heavy atom. The molecule has 8 heteroatoms. The van der Waals surface area contributed by atoms with E-state index in [0.717, 1.165) is 11.4 Å². The van der Waals surface area contributed by atoms with Gasteiger partial charge < -0.3 is 15.5 Å². The van der Waals surface area contributed by atoms with Crippen molar-refractivity contribution in [2.45, 2.75) is 19.5 Å². The van der Waals surface area contributed by atoms with Crippen molar-refractivity contribution in [3.05, 3.63) is 0 Å². The van der Waals surface area contributed by atoms with Gasteiger partial charge in [0.1, 0.15) is 6.54 Å². The molecular formula is C10H18F3N3O2. The number of hydrogen-bond donors (Lipinski definition) is 2. The average Bonchev–Trinajstić information content (AvgIpc) is 2.25. The number of hydrogen-bond acceptors (Lipinski definition) is 3. The molecule has 0 aliphatic heterocycles. The standard InChI is InChI=1S/C10H18F3N3O2/c1-3-14-5-4-9(18)16(2)6-8(17)15-7-10(11,12)13/h14H,3-7H2,1-2H3,(H,15,17). The number of carbonyl (C=O) groups is 2. The van der Waals surface area contributed by atoms with Crippen LogP contribution in [0, 0.1) is 0 Å². The van der Waals surface area contributed by atoms with Crippen molar-refractivity contribution in [1.29, 1.82) is 0 Å². The molecule has 0 rings (SSSR count). The number of alkyl halides is 3. The maximum atomic E-state index is 11.8. The van der Waals surface area contributed by atoms with E-state index < -0.39 is 18.6 Å². The molecular weight excluding hydrogens is 251 g/mol. The topological polar surface area (TPSA) is 61.4 Å². The molecule has 2 N–H and O–H groups in total. The Bertz CT molecular complexity index is 282. The fraction of sp³-hybridized carbons (Fsp3) is 0.800. The van der Waals surface area contributed by atoms with E-state index in [2.05, 4.69) is 5.32 Å². The van der Waals surface area contributed by atoms with E-state index in [1.54, 1.807) is 5.32 Å². The minimum atomic E-state index is -4.44. The highest BCUT2D eigenvalue weighted by Crippen LogP contribution is 2.11. The molecule has 0 saturated heterocycles. The van der Waals surface area contributed by atoms with Gasteiger partial charge in [-0.2, -0.15) is 13.2 Å². The molecule has 0 saturated carbocycles. The number of rotatable bonds is 7. The van der Waals surface area contributed by atoms with Gasteiger partial charge in [-0.05, 0) is 6.54 Å². The molecule has 0 spiro atoms. The van der Waals surface area contributed by atoms with Gasteiger partial charge in [0.05, 0.1) is 6.54 Å². The maximum Gasteiger partial charge on any atom is 0.405 e. The Labute approximate surface area is 104 Å². The molecule has 5 nitrogen and oxygen atoms in total. The molecule has 0 unspecified atom stereocenters. The lowest BCUT2D eigenvalue weighted by molar-refractivity contribution is -0.141. The Morgan fingerprint density at radius 1 is 1.28 bits per heavy atom. The monoisotopic (exact) mass is 269 g/mol. The lowest BCUT2D eigenvalue weighted by Crippen LogP contribution is -2.42. The lowest BCUT2D eigenvalue weighted by atomic mass is 10.3. The number of halogens is 3. The first kappa shape index (κ1) is 16.7. The SMILES string of the molecule is CCNCCC(=O)N(C)CC(=O)NCC(F)(F)F. The summed E-state index contributed by atoms with van der Waals surface area (Å²) in [5, 5.41) is 4.64. The van der Waals surface area contributed by atoms with E-state index in [9.17, 15) is 22.8 Å². The zero-order chi connectivity index (χ0) is 14.2. The summed E-state index contributed by atoms with van der Waals surface area (Å²) in [5.74, 6) is -1.12. The molecule has 0 aromatic carbocycles. The number of amides is 2. The van der Waals surface area contributed by atoms with Gasteiger partial charge in [-0.25, -0.2) is 0 Å². The number of likely N-dealkylation sites (N-methyl/N-ethyl adjacent to an activating group) is 1. The largest absolute Gasteiger partial charge is 0.405 e. The highest BCUT2D eigenvalue weighted by atomic mass is 19.4. The van der Waals surface area contributed by atoms with Crippen LogP contribution in [0.15, 0.2) is 0 Å². The Balaban J connectivity index is 3.88. The van der Waals surface area contributed by atoms with E-state index in [1.807, 2.05) is 6.92 Å². The summed E-state index contributed by atoms with van der Waals surface area (Å²) in [5.41, 5.74) is 0. The molecule has 0 aliphatic rings. The predicted molar refractivity (Wildman–Crippen MR) is 59.9 cm³/mol. The van der Waals surface area contributed by atoms with Crippen LogP contribution in [0.1, 0.15) is 13.3 Å². The van der Waals surface area contributed by atoms with E-state index in [-0.39, 0.29) is 18.9 Å². The van der Waals surface area contributed by atoms with Crippen LogP contribution >= 0.6 is 0 Å². The quantitative estimate of drug-likeness (QED) is 0.645. The van der Waals surface area contributed by atoms with Crippen LogP contribution in [0.25, 0.3) is 0 Å². The minimum Gasteiger partial charge on any atom is -0.345 e.